The summed E-state index contributed by atoms with van der Waals surface area (Å²) in [4.78, 5) is 37.4. The highest BCUT2D eigenvalue weighted by molar-refractivity contribution is 6.03. The van der Waals surface area contributed by atoms with Gasteiger partial charge in [-0.1, -0.05) is 11.6 Å². The lowest BCUT2D eigenvalue weighted by Crippen LogP contribution is -2.33. The van der Waals surface area contributed by atoms with E-state index in [-0.39, 0.29) is 45.2 Å². The highest BCUT2D eigenvalue weighted by Crippen LogP contribution is 2.43. The van der Waals surface area contributed by atoms with Gasteiger partial charge in [0.25, 0.3) is 0 Å². The smallest absolute Gasteiger partial charge is 0.224 e. The van der Waals surface area contributed by atoms with Crippen LogP contribution in [0.3, 0.4) is 0 Å². The minimum atomic E-state index is -0.847. The molecular formula is C30H43NO8. The minimum absolute atomic E-state index is 0. The van der Waals surface area contributed by atoms with Gasteiger partial charge in [0.1, 0.15) is 11.5 Å². The van der Waals surface area contributed by atoms with Crippen LogP contribution in [0.15, 0.2) is 40.7 Å². The molecule has 9 nitrogen and oxygen atoms in total. The van der Waals surface area contributed by atoms with Gasteiger partial charge >= 0.3 is 0 Å². The van der Waals surface area contributed by atoms with Gasteiger partial charge in [0.05, 0.1) is 31.1 Å². The summed E-state index contributed by atoms with van der Waals surface area (Å²) < 4.78 is 5.34. The maximum Gasteiger partial charge on any atom is 0.224 e. The average molecular weight is 546 g/mol. The molecular weight excluding hydrogens is 502 g/mol. The fraction of sp³-hybridized carbons (Fsp3) is 0.500. The number of carbonyl (C=O) groups excluding carboxylic acids is 3. The minimum Gasteiger partial charge on any atom is -0.507 e. The van der Waals surface area contributed by atoms with E-state index >= 15 is 0 Å². The van der Waals surface area contributed by atoms with Crippen LogP contribution in [0.5, 0.6) is 5.75 Å². The Balaban J connectivity index is 0.00000280. The third kappa shape index (κ3) is 7.03. The van der Waals surface area contributed by atoms with Gasteiger partial charge in [0, 0.05) is 27.4 Å². The number of Topliss-reactive ketones (excluding diaryl/α,β-unsaturated/α-hetero) is 2. The second-order valence-electron chi connectivity index (χ2n) is 10.7. The molecule has 39 heavy (non-hydrogen) atoms. The fourth-order valence-corrected chi connectivity index (χ4v) is 6.19. The van der Waals surface area contributed by atoms with Crippen molar-refractivity contribution in [1.29, 1.82) is 0 Å². The van der Waals surface area contributed by atoms with Crippen molar-refractivity contribution in [2.45, 2.75) is 64.2 Å². The van der Waals surface area contributed by atoms with E-state index in [0.717, 1.165) is 47.9 Å². The van der Waals surface area contributed by atoms with Crippen LogP contribution in [0.1, 0.15) is 75.7 Å². The molecule has 1 amide bonds. The molecule has 0 bridgehead atoms. The van der Waals surface area contributed by atoms with Gasteiger partial charge in [-0.3, -0.25) is 14.4 Å². The molecule has 9 heteroatoms. The average Bonchev–Trinajstić information content (AvgIpc) is 3.58. The number of aromatic hydroxyl groups is 1. The molecule has 2 aliphatic carbocycles. The second kappa shape index (κ2) is 13.7. The zero-order valence-electron chi connectivity index (χ0n) is 22.2. The number of primary amides is 1. The zero-order valence-corrected chi connectivity index (χ0v) is 22.2. The summed E-state index contributed by atoms with van der Waals surface area (Å²) in [5.74, 6) is -2.76. The lowest BCUT2D eigenvalue weighted by atomic mass is 9.72. The molecule has 0 spiro atoms. The van der Waals surface area contributed by atoms with E-state index in [1.54, 1.807) is 12.5 Å². The maximum atomic E-state index is 13.5. The number of ketones is 2. The number of allylic oxidation sites excluding steroid dienone is 2. The number of benzene rings is 1. The van der Waals surface area contributed by atoms with Crippen LogP contribution < -0.4 is 5.73 Å². The Morgan fingerprint density at radius 1 is 1.21 bits per heavy atom. The molecule has 2 aromatic rings. The van der Waals surface area contributed by atoms with Crippen molar-refractivity contribution in [3.05, 3.63) is 53.0 Å². The second-order valence-corrected chi connectivity index (χ2v) is 10.7. The van der Waals surface area contributed by atoms with Gasteiger partial charge in [-0.05, 0) is 92.0 Å². The quantitative estimate of drug-likeness (QED) is 0.219. The largest absolute Gasteiger partial charge is 0.507 e. The summed E-state index contributed by atoms with van der Waals surface area (Å²) in [7, 11) is 0. The Labute approximate surface area is 231 Å². The molecule has 4 rings (SSSR count). The van der Waals surface area contributed by atoms with Gasteiger partial charge < -0.3 is 30.9 Å². The van der Waals surface area contributed by atoms with Crippen molar-refractivity contribution >= 4 is 17.5 Å². The van der Waals surface area contributed by atoms with Crippen molar-refractivity contribution in [3.8, 4) is 16.9 Å². The van der Waals surface area contributed by atoms with E-state index < -0.39 is 36.6 Å². The summed E-state index contributed by atoms with van der Waals surface area (Å²) in [6, 6.07) is 3.80. The SMILES string of the molecule is NC(=O)CC(=O)C(CO)C(CCO)CC1CC(=O)c2c(O)c(CCC3=CCCC3)cc(-c3ccoc3)c2C1.O.[HH].[HH]. The van der Waals surface area contributed by atoms with Crippen LogP contribution in [0.2, 0.25) is 0 Å². The molecule has 0 aliphatic heterocycles. The van der Waals surface area contributed by atoms with Gasteiger partial charge in [-0.25, -0.2) is 0 Å². The first kappa shape index (κ1) is 30.3. The molecule has 0 saturated carbocycles. The van der Waals surface area contributed by atoms with Crippen molar-refractivity contribution in [2.75, 3.05) is 13.2 Å². The normalized spacial score (nSPS) is 18.2. The number of carbonyl (C=O) groups is 3. The van der Waals surface area contributed by atoms with Crippen molar-refractivity contribution < 1.29 is 42.4 Å². The summed E-state index contributed by atoms with van der Waals surface area (Å²) in [5.41, 5.74) is 10.1. The molecule has 0 saturated heterocycles. The molecule has 7 N–H and O–H groups in total. The molecule has 3 unspecified atom stereocenters. The topological polar surface area (TPSA) is 183 Å². The van der Waals surface area contributed by atoms with E-state index in [1.807, 2.05) is 12.1 Å². The summed E-state index contributed by atoms with van der Waals surface area (Å²) in [6.07, 6.45) is 11.1. The Kier molecular flexibility index (Phi) is 10.6. The number of furan rings is 1. The molecule has 1 aromatic heterocycles. The van der Waals surface area contributed by atoms with Gasteiger partial charge in [0.15, 0.2) is 5.78 Å². The number of hydrogen-bond donors (Lipinski definition) is 4. The number of aryl methyl sites for hydroxylation is 1. The Hall–Kier alpha value is -3.27. The van der Waals surface area contributed by atoms with Crippen LogP contribution in [0, 0.1) is 17.8 Å². The van der Waals surface area contributed by atoms with E-state index in [4.69, 9.17) is 10.2 Å². The number of rotatable bonds is 13. The third-order valence-electron chi connectivity index (χ3n) is 8.08. The van der Waals surface area contributed by atoms with Gasteiger partial charge in [0.2, 0.25) is 5.91 Å². The van der Waals surface area contributed by atoms with Crippen molar-refractivity contribution in [3.63, 3.8) is 0 Å². The Morgan fingerprint density at radius 3 is 2.62 bits per heavy atom. The van der Waals surface area contributed by atoms with Crippen molar-refractivity contribution in [2.24, 2.45) is 23.5 Å². The summed E-state index contributed by atoms with van der Waals surface area (Å²) in [5, 5.41) is 30.8. The number of fused-ring (bicyclic) bond motifs is 1. The number of hydrogen-bond acceptors (Lipinski definition) is 7. The molecule has 216 valence electrons. The van der Waals surface area contributed by atoms with Gasteiger partial charge in [-0.15, -0.1) is 0 Å². The number of aliphatic hydroxyl groups is 2. The maximum absolute atomic E-state index is 13.5. The number of aliphatic hydroxyl groups excluding tert-OH is 2. The Morgan fingerprint density at radius 2 is 2.00 bits per heavy atom. The van der Waals surface area contributed by atoms with Gasteiger partial charge in [-0.2, -0.15) is 0 Å². The van der Waals surface area contributed by atoms with E-state index in [9.17, 15) is 29.7 Å². The molecule has 2 aliphatic rings. The van der Waals surface area contributed by atoms with Crippen LogP contribution in [0.25, 0.3) is 11.1 Å². The summed E-state index contributed by atoms with van der Waals surface area (Å²) >= 11 is 0. The predicted octanol–water partition coefficient (Wildman–Crippen LogP) is 3.55. The molecule has 3 atom stereocenters. The van der Waals surface area contributed by atoms with E-state index in [0.29, 0.717) is 24.8 Å². The van der Waals surface area contributed by atoms with Crippen LogP contribution in [0.4, 0.5) is 0 Å². The fourth-order valence-electron chi connectivity index (χ4n) is 6.19. The molecule has 1 heterocycles. The van der Waals surface area contributed by atoms with E-state index in [2.05, 4.69) is 6.08 Å². The highest BCUT2D eigenvalue weighted by Gasteiger charge is 2.36. The number of nitrogens with two attached hydrogens (primary N) is 1. The van der Waals surface area contributed by atoms with Crippen molar-refractivity contribution in [1.82, 2.24) is 0 Å². The first-order valence-corrected chi connectivity index (χ1v) is 13.5. The van der Waals surface area contributed by atoms with Crippen LogP contribution in [-0.2, 0) is 22.4 Å². The Bertz CT molecular complexity index is 1210. The first-order chi connectivity index (χ1) is 18.3. The zero-order chi connectivity index (χ0) is 27.2. The third-order valence-corrected chi connectivity index (χ3v) is 8.08. The lowest BCUT2D eigenvalue weighted by Gasteiger charge is -2.32. The summed E-state index contributed by atoms with van der Waals surface area (Å²) in [6.45, 7) is -0.655. The number of phenols is 1. The standard InChI is InChI=1S/C30H37NO7.H2O.2H2/c31-28(36)15-26(34)25(16-33)20(7-9-32)11-19-12-24-23(22-8-10-38-17-22)14-21(6-5-18-3-1-2-4-18)30(37)29(24)27(35)13-19;;;/h3,8,10,14,17,19-20,25,32-33,37H,1-2,4-7,9,11-13,15-16H2,(H2,31,36);1H2;2*1H. The van der Waals surface area contributed by atoms with Crippen LogP contribution >= 0.6 is 0 Å². The molecule has 0 radical (unpaired) electrons. The number of amides is 1. The first-order valence-electron chi connectivity index (χ1n) is 13.5. The predicted molar refractivity (Wildman–Crippen MR) is 149 cm³/mol. The lowest BCUT2D eigenvalue weighted by molar-refractivity contribution is -0.131. The molecule has 0 fully saturated rings. The van der Waals surface area contributed by atoms with Crippen LogP contribution in [-0.4, -0.2) is 51.5 Å². The molecule has 1 aromatic carbocycles. The highest BCUT2D eigenvalue weighted by atomic mass is 16.3. The number of phenolic OH excluding ortho intramolecular Hbond substituents is 1. The van der Waals surface area contributed by atoms with E-state index in [1.165, 1.54) is 5.57 Å². The monoisotopic (exact) mass is 545 g/mol.